The van der Waals surface area contributed by atoms with Gasteiger partial charge in [0.15, 0.2) is 0 Å². The van der Waals surface area contributed by atoms with E-state index in [1.54, 1.807) is 0 Å². The van der Waals surface area contributed by atoms with Crippen LogP contribution in [0.1, 0.15) is 0 Å². The lowest BCUT2D eigenvalue weighted by atomic mass is 12.0. The van der Waals surface area contributed by atoms with Crippen molar-refractivity contribution >= 4 is 48.1 Å². The van der Waals surface area contributed by atoms with Crippen LogP contribution in [-0.4, -0.2) is 10.5 Å². The van der Waals surface area contributed by atoms with Crippen LogP contribution in [0, 0.1) is 0 Å². The van der Waals surface area contributed by atoms with Crippen molar-refractivity contribution in [3.63, 3.8) is 0 Å². The first-order valence-electron chi connectivity index (χ1n) is 1.24. The fourth-order valence-electron chi connectivity index (χ4n) is 0. The summed E-state index contributed by atoms with van der Waals surface area (Å²) in [4.78, 5) is 0. The van der Waals surface area contributed by atoms with Crippen LogP contribution in [0.25, 0.3) is 0 Å². The Labute approximate surface area is 58.4 Å². The average molecular weight is 191 g/mol. The molecule has 6 heteroatoms. The molecule has 0 saturated carbocycles. The molecule has 0 aromatic carbocycles. The van der Waals surface area contributed by atoms with Crippen molar-refractivity contribution in [2.75, 3.05) is 6.26 Å². The zero-order valence-corrected chi connectivity index (χ0v) is 7.53. The topological polar surface area (TPSA) is 17.1 Å². The third-order valence-electron chi connectivity index (χ3n) is 0.247. The van der Waals surface area contributed by atoms with E-state index in [1.165, 1.54) is 6.26 Å². The van der Waals surface area contributed by atoms with Crippen LogP contribution < -0.4 is 0 Å². The van der Waals surface area contributed by atoms with Crippen LogP contribution in [0.3, 0.4) is 0 Å². The summed E-state index contributed by atoms with van der Waals surface area (Å²) < 4.78 is 10.5. The summed E-state index contributed by atoms with van der Waals surface area (Å²) in [6.07, 6.45) is 1.41. The van der Waals surface area contributed by atoms with Crippen LogP contribution in [0.15, 0.2) is 0 Å². The molecule has 0 N–H and O–H groups in total. The normalized spacial score (nSPS) is 19.1. The summed E-state index contributed by atoms with van der Waals surface area (Å²) >= 11 is 13.4. The molecule has 0 aliphatic carbocycles. The Morgan fingerprint density at radius 1 is 1.57 bits per heavy atom. The zero-order chi connectivity index (χ0) is 6.08. The first-order valence-corrected chi connectivity index (χ1v) is 7.72. The molecule has 0 saturated heterocycles. The lowest BCUT2D eigenvalue weighted by Crippen LogP contribution is -1.90. The van der Waals surface area contributed by atoms with Gasteiger partial charge in [0.2, 0.25) is 0 Å². The Hall–Kier alpha value is 1.16. The van der Waals surface area contributed by atoms with E-state index in [4.69, 9.17) is 0 Å². The molecule has 0 amide bonds. The van der Waals surface area contributed by atoms with E-state index in [9.17, 15) is 4.21 Å². The van der Waals surface area contributed by atoms with Crippen molar-refractivity contribution in [1.29, 1.82) is 0 Å². The number of rotatable bonds is 1. The first kappa shape index (κ1) is 8.16. The van der Waals surface area contributed by atoms with Crippen LogP contribution in [-0.2, 0) is 48.1 Å². The van der Waals surface area contributed by atoms with Gasteiger partial charge in [-0.25, -0.2) is 22.4 Å². The summed E-state index contributed by atoms with van der Waals surface area (Å²) in [6, 6.07) is 0. The van der Waals surface area contributed by atoms with E-state index >= 15 is 0 Å². The Morgan fingerprint density at radius 3 is 1.71 bits per heavy atom. The predicted molar refractivity (Wildman–Crippen MR) is 43.5 cm³/mol. The third-order valence-corrected chi connectivity index (χ3v) is 9.67. The summed E-state index contributed by atoms with van der Waals surface area (Å²) in [6.45, 7) is 0. The monoisotopic (exact) mass is 191 g/mol. The lowest BCUT2D eigenvalue weighted by molar-refractivity contribution is 0.694. The Morgan fingerprint density at radius 2 is 1.71 bits per heavy atom. The van der Waals surface area contributed by atoms with E-state index in [-0.39, 0.29) is 0 Å². The van der Waals surface area contributed by atoms with Gasteiger partial charge in [-0.1, -0.05) is 0 Å². The van der Waals surface area contributed by atoms with E-state index < -0.39 is 14.6 Å². The van der Waals surface area contributed by atoms with Crippen molar-refractivity contribution in [3.8, 4) is 0 Å². The Bertz CT molecular complexity index is 196. The smallest absolute Gasteiger partial charge is 0.00321 e. The van der Waals surface area contributed by atoms with Crippen molar-refractivity contribution < 1.29 is 4.21 Å². The van der Waals surface area contributed by atoms with Crippen molar-refractivity contribution in [3.05, 3.63) is 0 Å². The van der Waals surface area contributed by atoms with E-state index in [1.807, 2.05) is 0 Å². The molecule has 0 aromatic rings. The maximum atomic E-state index is 10.5. The van der Waals surface area contributed by atoms with Crippen LogP contribution in [0.4, 0.5) is 0 Å². The molecule has 1 unspecified atom stereocenters. The first-order chi connectivity index (χ1) is 2.94. The number of hydrogen-bond acceptors (Lipinski definition) is 5. The Kier molecular flexibility index (Phi) is 3.07. The van der Waals surface area contributed by atoms with Gasteiger partial charge in [-0.3, -0.25) is 11.3 Å². The summed E-state index contributed by atoms with van der Waals surface area (Å²) in [5, 5.41) is 0. The zero-order valence-electron chi connectivity index (χ0n) is 3.45. The van der Waals surface area contributed by atoms with Crippen LogP contribution >= 0.6 is 0 Å². The maximum absolute atomic E-state index is 10.5. The highest BCUT2D eigenvalue weighted by atomic mass is 33.6. The molecule has 0 rings (SSSR count). The standard InChI is InChI=1S/CH3OS5/c1-7(2,5)6(3)4/h1H3/q-1. The highest BCUT2D eigenvalue weighted by molar-refractivity contribution is 8.95. The summed E-state index contributed by atoms with van der Waals surface area (Å²) in [5.41, 5.74) is 0. The molecule has 0 aliphatic heterocycles. The van der Waals surface area contributed by atoms with Crippen molar-refractivity contribution in [1.82, 2.24) is 0 Å². The largest absolute Gasteiger partial charge is 0.277 e. The Balaban J connectivity index is 4.82. The highest BCUT2D eigenvalue weighted by Gasteiger charge is 1.74. The fraction of sp³-hybridized carbons (Fsp3) is 1.00. The molecule has 44 valence electrons. The van der Waals surface area contributed by atoms with Crippen LogP contribution in [0.5, 0.6) is 0 Å². The quantitative estimate of drug-likeness (QED) is 0.422. The van der Waals surface area contributed by atoms with E-state index in [2.05, 4.69) is 33.6 Å². The molecular formula is CH3OS5-. The van der Waals surface area contributed by atoms with Gasteiger partial charge in [-0.15, -0.1) is 0 Å². The van der Waals surface area contributed by atoms with Gasteiger partial charge < -0.3 is 0 Å². The van der Waals surface area contributed by atoms with Gasteiger partial charge in [-0.2, -0.15) is 0 Å². The molecule has 7 heavy (non-hydrogen) atoms. The lowest BCUT2D eigenvalue weighted by Gasteiger charge is -1.97. The van der Waals surface area contributed by atoms with Gasteiger partial charge in [0.25, 0.3) is 0 Å². The van der Waals surface area contributed by atoms with E-state index in [0.29, 0.717) is 0 Å². The van der Waals surface area contributed by atoms with E-state index in [0.717, 1.165) is 0 Å². The molecular weight excluding hydrogens is 188 g/mol. The highest BCUT2D eigenvalue weighted by Crippen LogP contribution is 1.81. The molecule has 0 bridgehead atoms. The molecule has 0 spiro atoms. The maximum Gasteiger partial charge on any atom is -0.00321 e. The van der Waals surface area contributed by atoms with Crippen molar-refractivity contribution in [2.45, 2.75) is 0 Å². The summed E-state index contributed by atoms with van der Waals surface area (Å²) in [7, 11) is -3.17. The van der Waals surface area contributed by atoms with Gasteiger partial charge in [0.05, 0.1) is 0 Å². The summed E-state index contributed by atoms with van der Waals surface area (Å²) in [5.74, 6) is 0. The fourth-order valence-corrected chi connectivity index (χ4v) is 0. The molecule has 1 nitrogen and oxygen atoms in total. The minimum absolute atomic E-state index is 0.924. The number of hydrogen-bond donors (Lipinski definition) is 0. The predicted octanol–water partition coefficient (Wildman–Crippen LogP) is -0.180. The second kappa shape index (κ2) is 2.63. The van der Waals surface area contributed by atoms with Gasteiger partial charge in [0, 0.05) is 0 Å². The molecule has 1 atom stereocenters. The van der Waals surface area contributed by atoms with Crippen LogP contribution in [0.2, 0.25) is 0 Å². The van der Waals surface area contributed by atoms with Gasteiger partial charge in [0.1, 0.15) is 0 Å². The second-order valence-corrected chi connectivity index (χ2v) is 12.1. The molecule has 0 aromatic heterocycles. The molecule has 0 heterocycles. The minimum atomic E-state index is -2.25. The SMILES string of the molecule is CS(=O)(=S)[S-](=S)=S. The molecule has 0 fully saturated rings. The minimum Gasteiger partial charge on any atom is -0.277 e. The molecule has 0 aliphatic rings. The van der Waals surface area contributed by atoms with Gasteiger partial charge in [-0.05, 0) is 25.0 Å². The second-order valence-electron chi connectivity index (χ2n) is 0.908. The third kappa shape index (κ3) is 3.72. The molecule has 0 radical (unpaired) electrons. The van der Waals surface area contributed by atoms with Gasteiger partial charge >= 0.3 is 0 Å². The van der Waals surface area contributed by atoms with Crippen molar-refractivity contribution in [2.24, 2.45) is 0 Å². The average Bonchev–Trinajstić information content (AvgIpc) is 1.31.